The topological polar surface area (TPSA) is 58.6 Å². The first kappa shape index (κ1) is 18.5. The highest BCUT2D eigenvalue weighted by Gasteiger charge is 2.15. The predicted octanol–water partition coefficient (Wildman–Crippen LogP) is 3.17. The molecule has 0 atom stereocenters. The normalized spacial score (nSPS) is 15.2. The monoisotopic (exact) mass is 332 g/mol. The lowest BCUT2D eigenvalue weighted by atomic mass is 10.0. The zero-order chi connectivity index (χ0) is 17.4. The third-order valence-corrected chi connectivity index (χ3v) is 4.28. The van der Waals surface area contributed by atoms with E-state index in [0.29, 0.717) is 5.92 Å². The lowest BCUT2D eigenvalue weighted by Crippen LogP contribution is -2.35. The van der Waals surface area contributed by atoms with Crippen LogP contribution in [0.15, 0.2) is 24.3 Å². The lowest BCUT2D eigenvalue weighted by Gasteiger charge is -2.20. The molecule has 1 fully saturated rings. The highest BCUT2D eigenvalue weighted by Crippen LogP contribution is 2.17. The van der Waals surface area contributed by atoms with Crippen LogP contribution in [0.2, 0.25) is 0 Å². The van der Waals surface area contributed by atoms with Crippen molar-refractivity contribution in [2.75, 3.05) is 31.6 Å². The van der Waals surface area contributed by atoms with Crippen molar-refractivity contribution < 1.29 is 14.3 Å². The summed E-state index contributed by atoms with van der Waals surface area (Å²) in [5.74, 6) is 0.199. The molecular formula is C19H28N2O3. The number of nitrogens with one attached hydrogen (secondary N) is 1. The van der Waals surface area contributed by atoms with E-state index in [9.17, 15) is 9.59 Å². The van der Waals surface area contributed by atoms with Crippen molar-refractivity contribution in [2.24, 2.45) is 0 Å². The zero-order valence-electron chi connectivity index (χ0n) is 14.7. The molecule has 5 nitrogen and oxygen atoms in total. The zero-order valence-corrected chi connectivity index (χ0v) is 14.7. The molecule has 0 saturated carbocycles. The quantitative estimate of drug-likeness (QED) is 0.870. The van der Waals surface area contributed by atoms with Gasteiger partial charge < -0.3 is 15.0 Å². The van der Waals surface area contributed by atoms with E-state index >= 15 is 0 Å². The van der Waals surface area contributed by atoms with Gasteiger partial charge in [0.25, 0.3) is 0 Å². The van der Waals surface area contributed by atoms with Crippen molar-refractivity contribution in [1.82, 2.24) is 4.90 Å². The Morgan fingerprint density at radius 3 is 2.25 bits per heavy atom. The summed E-state index contributed by atoms with van der Waals surface area (Å²) in [4.78, 5) is 25.8. The van der Waals surface area contributed by atoms with Crippen LogP contribution in [0.4, 0.5) is 5.69 Å². The van der Waals surface area contributed by atoms with Crippen LogP contribution in [0, 0.1) is 0 Å². The molecule has 0 unspecified atom stereocenters. The van der Waals surface area contributed by atoms with Gasteiger partial charge in [0.15, 0.2) is 0 Å². The number of nitrogens with zero attached hydrogens (tertiary/aromatic N) is 1. The van der Waals surface area contributed by atoms with Crippen molar-refractivity contribution in [3.05, 3.63) is 29.8 Å². The molecule has 5 heteroatoms. The third-order valence-electron chi connectivity index (χ3n) is 4.28. The maximum Gasteiger partial charge on any atom is 0.250 e. The van der Waals surface area contributed by atoms with E-state index in [1.165, 1.54) is 18.4 Å². The van der Waals surface area contributed by atoms with Crippen LogP contribution < -0.4 is 5.32 Å². The standard InChI is InChI=1S/C19H28N2O3/c1-15(2)16-7-9-17(10-8-16)20-18(22)13-24-14-19(23)21-11-5-3-4-6-12-21/h7-10,15H,3-6,11-14H2,1-2H3,(H,20,22). The number of amides is 2. The number of anilines is 1. The fourth-order valence-corrected chi connectivity index (χ4v) is 2.79. The van der Waals surface area contributed by atoms with Crippen molar-refractivity contribution >= 4 is 17.5 Å². The molecule has 1 aromatic rings. The molecule has 0 aromatic heterocycles. The molecule has 24 heavy (non-hydrogen) atoms. The van der Waals surface area contributed by atoms with Crippen LogP contribution in [-0.4, -0.2) is 43.0 Å². The van der Waals surface area contributed by atoms with Gasteiger partial charge in [0, 0.05) is 18.8 Å². The second kappa shape index (κ2) is 9.42. The van der Waals surface area contributed by atoms with Gasteiger partial charge in [-0.1, -0.05) is 38.8 Å². The molecule has 132 valence electrons. The minimum atomic E-state index is -0.240. The molecule has 0 radical (unpaired) electrons. The Balaban J connectivity index is 1.69. The Bertz CT molecular complexity index is 532. The fraction of sp³-hybridized carbons (Fsp3) is 0.579. The van der Waals surface area contributed by atoms with Crippen molar-refractivity contribution in [2.45, 2.75) is 45.4 Å². The summed E-state index contributed by atoms with van der Waals surface area (Å²) in [5.41, 5.74) is 1.97. The number of carbonyl (C=O) groups is 2. The van der Waals surface area contributed by atoms with Crippen LogP contribution in [-0.2, 0) is 14.3 Å². The summed E-state index contributed by atoms with van der Waals surface area (Å²) in [6.45, 7) is 5.73. The highest BCUT2D eigenvalue weighted by atomic mass is 16.5. The maximum absolute atomic E-state index is 12.1. The van der Waals surface area contributed by atoms with Gasteiger partial charge in [-0.2, -0.15) is 0 Å². The minimum Gasteiger partial charge on any atom is -0.362 e. The fourth-order valence-electron chi connectivity index (χ4n) is 2.79. The van der Waals surface area contributed by atoms with E-state index in [4.69, 9.17) is 4.74 Å². The summed E-state index contributed by atoms with van der Waals surface area (Å²) in [6.07, 6.45) is 4.47. The molecule has 0 aliphatic carbocycles. The molecule has 1 aliphatic rings. The van der Waals surface area contributed by atoms with E-state index < -0.39 is 0 Å². The van der Waals surface area contributed by atoms with E-state index in [0.717, 1.165) is 31.6 Å². The first-order valence-electron chi connectivity index (χ1n) is 8.81. The van der Waals surface area contributed by atoms with Gasteiger partial charge in [0.1, 0.15) is 13.2 Å². The van der Waals surface area contributed by atoms with Gasteiger partial charge in [-0.05, 0) is 36.5 Å². The van der Waals surface area contributed by atoms with Crippen molar-refractivity contribution in [3.63, 3.8) is 0 Å². The largest absolute Gasteiger partial charge is 0.362 e. The minimum absolute atomic E-state index is 0.0222. The second-order valence-corrected chi connectivity index (χ2v) is 6.61. The van der Waals surface area contributed by atoms with Crippen LogP contribution in [0.3, 0.4) is 0 Å². The summed E-state index contributed by atoms with van der Waals surface area (Å²) >= 11 is 0. The summed E-state index contributed by atoms with van der Waals surface area (Å²) in [6, 6.07) is 7.78. The number of hydrogen-bond donors (Lipinski definition) is 1. The second-order valence-electron chi connectivity index (χ2n) is 6.61. The lowest BCUT2D eigenvalue weighted by molar-refractivity contribution is -0.137. The summed E-state index contributed by atoms with van der Waals surface area (Å²) in [5, 5.41) is 2.78. The SMILES string of the molecule is CC(C)c1ccc(NC(=O)COCC(=O)N2CCCCCC2)cc1. The first-order chi connectivity index (χ1) is 11.6. The van der Waals surface area contributed by atoms with Gasteiger partial charge in [-0.3, -0.25) is 9.59 Å². The molecule has 1 aromatic carbocycles. The van der Waals surface area contributed by atoms with Crippen LogP contribution >= 0.6 is 0 Å². The number of rotatable bonds is 6. The van der Waals surface area contributed by atoms with E-state index in [-0.39, 0.29) is 25.0 Å². The smallest absolute Gasteiger partial charge is 0.250 e. The Morgan fingerprint density at radius 1 is 1.04 bits per heavy atom. The van der Waals surface area contributed by atoms with Gasteiger partial charge >= 0.3 is 0 Å². The maximum atomic E-state index is 12.1. The molecule has 1 N–H and O–H groups in total. The molecule has 0 bridgehead atoms. The third kappa shape index (κ3) is 5.96. The number of hydrogen-bond acceptors (Lipinski definition) is 3. The highest BCUT2D eigenvalue weighted by molar-refractivity contribution is 5.91. The van der Waals surface area contributed by atoms with Crippen LogP contribution in [0.25, 0.3) is 0 Å². The number of ether oxygens (including phenoxy) is 1. The van der Waals surface area contributed by atoms with Gasteiger partial charge in [-0.25, -0.2) is 0 Å². The van der Waals surface area contributed by atoms with Gasteiger partial charge in [0.2, 0.25) is 11.8 Å². The molecule has 0 spiro atoms. The average Bonchev–Trinajstić information content (AvgIpc) is 2.84. The molecule has 1 saturated heterocycles. The Labute approximate surface area is 144 Å². The molecule has 2 amide bonds. The Kier molecular flexibility index (Phi) is 7.25. The molecular weight excluding hydrogens is 304 g/mol. The number of benzene rings is 1. The van der Waals surface area contributed by atoms with E-state index in [1.807, 2.05) is 29.2 Å². The van der Waals surface area contributed by atoms with Crippen LogP contribution in [0.5, 0.6) is 0 Å². The molecule has 1 aliphatic heterocycles. The molecule has 2 rings (SSSR count). The Morgan fingerprint density at radius 2 is 1.67 bits per heavy atom. The first-order valence-corrected chi connectivity index (χ1v) is 8.81. The number of carbonyl (C=O) groups excluding carboxylic acids is 2. The van der Waals surface area contributed by atoms with Crippen molar-refractivity contribution in [3.8, 4) is 0 Å². The predicted molar refractivity (Wildman–Crippen MR) is 95.0 cm³/mol. The van der Waals surface area contributed by atoms with Crippen molar-refractivity contribution in [1.29, 1.82) is 0 Å². The average molecular weight is 332 g/mol. The summed E-state index contributed by atoms with van der Waals surface area (Å²) in [7, 11) is 0. The summed E-state index contributed by atoms with van der Waals surface area (Å²) < 4.78 is 5.28. The van der Waals surface area contributed by atoms with E-state index in [1.54, 1.807) is 0 Å². The van der Waals surface area contributed by atoms with Crippen LogP contribution in [0.1, 0.15) is 51.0 Å². The van der Waals surface area contributed by atoms with Gasteiger partial charge in [0.05, 0.1) is 0 Å². The Hall–Kier alpha value is -1.88. The number of likely N-dealkylation sites (tertiary alicyclic amines) is 1. The molecule has 1 heterocycles. The van der Waals surface area contributed by atoms with Gasteiger partial charge in [-0.15, -0.1) is 0 Å². The van der Waals surface area contributed by atoms with E-state index in [2.05, 4.69) is 19.2 Å².